The third-order valence-electron chi connectivity index (χ3n) is 6.92. The molecule has 0 aromatic heterocycles. The minimum absolute atomic E-state index is 1.14. The van der Waals surface area contributed by atoms with E-state index in [-0.39, 0.29) is 0 Å². The second-order valence-electron chi connectivity index (χ2n) is 8.75. The summed E-state index contributed by atoms with van der Waals surface area (Å²) >= 11 is 0. The Labute approximate surface area is 175 Å². The second kappa shape index (κ2) is 7.34. The normalized spacial score (nSPS) is 13.8. The molecule has 29 heavy (non-hydrogen) atoms. The molecule has 0 fully saturated rings. The SMILES string of the molecule is CCC(=Cc1ccc2c(c1)-c1cc3c(cc1CC2)-c1cc(C)ccc1CC3)CC. The number of allylic oxidation sites excluding steroid dienone is 1. The number of hydrogen-bond acceptors (Lipinski definition) is 0. The van der Waals surface area contributed by atoms with E-state index in [1.807, 2.05) is 0 Å². The van der Waals surface area contributed by atoms with Crippen LogP contribution in [0.15, 0.2) is 54.1 Å². The zero-order valence-electron chi connectivity index (χ0n) is 17.9. The quantitative estimate of drug-likeness (QED) is 0.437. The van der Waals surface area contributed by atoms with Crippen LogP contribution in [0.2, 0.25) is 0 Å². The van der Waals surface area contributed by atoms with E-state index in [1.165, 1.54) is 61.2 Å². The fourth-order valence-corrected chi connectivity index (χ4v) is 5.14. The molecule has 0 heteroatoms. The first-order chi connectivity index (χ1) is 14.2. The van der Waals surface area contributed by atoms with Gasteiger partial charge in [-0.25, -0.2) is 0 Å². The molecule has 0 heterocycles. The van der Waals surface area contributed by atoms with E-state index in [4.69, 9.17) is 0 Å². The highest BCUT2D eigenvalue weighted by Crippen LogP contribution is 2.42. The van der Waals surface area contributed by atoms with Crippen molar-refractivity contribution >= 4 is 6.08 Å². The van der Waals surface area contributed by atoms with E-state index in [0.717, 1.165) is 38.5 Å². The maximum atomic E-state index is 2.52. The predicted molar refractivity (Wildman–Crippen MR) is 125 cm³/mol. The molecule has 0 aliphatic heterocycles. The fourth-order valence-electron chi connectivity index (χ4n) is 5.14. The van der Waals surface area contributed by atoms with Gasteiger partial charge in [-0.2, -0.15) is 0 Å². The third-order valence-corrected chi connectivity index (χ3v) is 6.92. The van der Waals surface area contributed by atoms with Gasteiger partial charge in [0.1, 0.15) is 0 Å². The number of benzene rings is 3. The smallest absolute Gasteiger partial charge is 0.0143 e. The Balaban J connectivity index is 1.64. The topological polar surface area (TPSA) is 0 Å². The van der Waals surface area contributed by atoms with Crippen LogP contribution in [0.4, 0.5) is 0 Å². The number of hydrogen-bond donors (Lipinski definition) is 0. The zero-order chi connectivity index (χ0) is 20.0. The lowest BCUT2D eigenvalue weighted by Gasteiger charge is -2.26. The van der Waals surface area contributed by atoms with Crippen molar-refractivity contribution in [1.82, 2.24) is 0 Å². The molecule has 0 saturated carbocycles. The Morgan fingerprint density at radius 2 is 1.17 bits per heavy atom. The Kier molecular flexibility index (Phi) is 4.66. The van der Waals surface area contributed by atoms with Crippen LogP contribution in [0, 0.1) is 6.92 Å². The summed E-state index contributed by atoms with van der Waals surface area (Å²) < 4.78 is 0. The third kappa shape index (κ3) is 3.25. The molecule has 0 spiro atoms. The molecule has 0 atom stereocenters. The first-order valence-electron chi connectivity index (χ1n) is 11.2. The van der Waals surface area contributed by atoms with E-state index < -0.39 is 0 Å². The highest BCUT2D eigenvalue weighted by molar-refractivity contribution is 5.82. The standard InChI is InChI=1S/C29H30/c1-4-20(5-2)15-21-7-9-23-11-13-25-17-28-24(18-29(25)27(23)16-21)12-10-22-8-6-19(3)14-26(22)28/h6-9,14-18H,4-5,10-13H2,1-3H3. The van der Waals surface area contributed by atoms with Gasteiger partial charge in [-0.1, -0.05) is 73.5 Å². The van der Waals surface area contributed by atoms with Crippen LogP contribution in [-0.4, -0.2) is 0 Å². The minimum Gasteiger partial charge on any atom is -0.0702 e. The molecule has 0 saturated heterocycles. The summed E-state index contributed by atoms with van der Waals surface area (Å²) in [6, 6.07) is 19.1. The van der Waals surface area contributed by atoms with Gasteiger partial charge in [0.15, 0.2) is 0 Å². The predicted octanol–water partition coefficient (Wildman–Crippen LogP) is 7.73. The van der Waals surface area contributed by atoms with E-state index in [2.05, 4.69) is 75.4 Å². The molecule has 0 bridgehead atoms. The van der Waals surface area contributed by atoms with Gasteiger partial charge in [0.2, 0.25) is 0 Å². The van der Waals surface area contributed by atoms with Gasteiger partial charge in [0.05, 0.1) is 0 Å². The summed E-state index contributed by atoms with van der Waals surface area (Å²) in [7, 11) is 0. The Morgan fingerprint density at radius 1 is 0.655 bits per heavy atom. The number of rotatable bonds is 3. The molecule has 0 radical (unpaired) electrons. The monoisotopic (exact) mass is 378 g/mol. The maximum absolute atomic E-state index is 2.52. The van der Waals surface area contributed by atoms with Gasteiger partial charge in [0, 0.05) is 0 Å². The lowest BCUT2D eigenvalue weighted by molar-refractivity contribution is 0.916. The van der Waals surface area contributed by atoms with Gasteiger partial charge < -0.3 is 0 Å². The van der Waals surface area contributed by atoms with Gasteiger partial charge in [-0.05, 0) is 102 Å². The van der Waals surface area contributed by atoms with Crippen LogP contribution in [0.5, 0.6) is 0 Å². The van der Waals surface area contributed by atoms with Crippen molar-refractivity contribution in [3.8, 4) is 22.3 Å². The van der Waals surface area contributed by atoms with E-state index >= 15 is 0 Å². The van der Waals surface area contributed by atoms with Gasteiger partial charge in [0.25, 0.3) is 0 Å². The van der Waals surface area contributed by atoms with Crippen molar-refractivity contribution < 1.29 is 0 Å². The van der Waals surface area contributed by atoms with E-state index in [1.54, 1.807) is 0 Å². The van der Waals surface area contributed by atoms with Crippen molar-refractivity contribution in [3.63, 3.8) is 0 Å². The summed E-state index contributed by atoms with van der Waals surface area (Å²) in [6.07, 6.45) is 9.29. The molecule has 5 rings (SSSR count). The lowest BCUT2D eigenvalue weighted by atomic mass is 9.78. The zero-order valence-corrected chi connectivity index (χ0v) is 17.9. The van der Waals surface area contributed by atoms with Gasteiger partial charge in [-0.3, -0.25) is 0 Å². The van der Waals surface area contributed by atoms with E-state index in [9.17, 15) is 0 Å². The Morgan fingerprint density at radius 3 is 1.79 bits per heavy atom. The van der Waals surface area contributed by atoms with Crippen molar-refractivity contribution in [2.45, 2.75) is 59.3 Å². The molecule has 2 aliphatic rings. The molecule has 0 unspecified atom stereocenters. The summed E-state index contributed by atoms with van der Waals surface area (Å²) in [4.78, 5) is 0. The van der Waals surface area contributed by atoms with Crippen LogP contribution in [0.3, 0.4) is 0 Å². The Bertz CT molecular complexity index is 1120. The molecule has 3 aromatic rings. The molecule has 0 nitrogen and oxygen atoms in total. The summed E-state index contributed by atoms with van der Waals surface area (Å²) in [5.74, 6) is 0. The Hall–Kier alpha value is -2.60. The van der Waals surface area contributed by atoms with Crippen LogP contribution < -0.4 is 0 Å². The lowest BCUT2D eigenvalue weighted by Crippen LogP contribution is -2.09. The van der Waals surface area contributed by atoms with Gasteiger partial charge in [-0.15, -0.1) is 0 Å². The molecule has 146 valence electrons. The van der Waals surface area contributed by atoms with Crippen molar-refractivity contribution in [1.29, 1.82) is 0 Å². The average Bonchev–Trinajstić information content (AvgIpc) is 2.76. The number of aryl methyl sites for hydroxylation is 5. The van der Waals surface area contributed by atoms with Crippen LogP contribution in [-0.2, 0) is 25.7 Å². The summed E-state index contributed by atoms with van der Waals surface area (Å²) in [5.41, 5.74) is 16.2. The number of fused-ring (bicyclic) bond motifs is 6. The molecule has 3 aromatic carbocycles. The molecular formula is C29H30. The molecule has 0 amide bonds. The molecule has 0 N–H and O–H groups in total. The first kappa shape index (κ1) is 18.4. The van der Waals surface area contributed by atoms with Crippen LogP contribution in [0.25, 0.3) is 28.3 Å². The highest BCUT2D eigenvalue weighted by atomic mass is 14.3. The second-order valence-corrected chi connectivity index (χ2v) is 8.75. The summed E-state index contributed by atoms with van der Waals surface area (Å²) in [5, 5.41) is 0. The van der Waals surface area contributed by atoms with Crippen LogP contribution >= 0.6 is 0 Å². The maximum Gasteiger partial charge on any atom is -0.0143 e. The first-order valence-corrected chi connectivity index (χ1v) is 11.2. The molecular weight excluding hydrogens is 348 g/mol. The highest BCUT2D eigenvalue weighted by Gasteiger charge is 2.22. The minimum atomic E-state index is 1.14. The van der Waals surface area contributed by atoms with Crippen molar-refractivity contribution in [2.24, 2.45) is 0 Å². The van der Waals surface area contributed by atoms with Crippen molar-refractivity contribution in [3.05, 3.63) is 87.5 Å². The van der Waals surface area contributed by atoms with Crippen molar-refractivity contribution in [2.75, 3.05) is 0 Å². The van der Waals surface area contributed by atoms with Crippen LogP contribution in [0.1, 0.15) is 60.1 Å². The average molecular weight is 379 g/mol. The van der Waals surface area contributed by atoms with E-state index in [0.29, 0.717) is 0 Å². The summed E-state index contributed by atoms with van der Waals surface area (Å²) in [6.45, 7) is 6.73. The van der Waals surface area contributed by atoms with Gasteiger partial charge >= 0.3 is 0 Å². The molecule has 2 aliphatic carbocycles. The largest absolute Gasteiger partial charge is 0.0702 e. The fraction of sp³-hybridized carbons (Fsp3) is 0.310.